The molecule has 0 saturated heterocycles. The Morgan fingerprint density at radius 1 is 0.622 bits per heavy atom. The third-order valence-electron chi connectivity index (χ3n) is 6.48. The van der Waals surface area contributed by atoms with Crippen LogP contribution in [0.2, 0.25) is 0 Å². The van der Waals surface area contributed by atoms with Gasteiger partial charge < -0.3 is 9.64 Å². The van der Waals surface area contributed by atoms with Gasteiger partial charge in [-0.2, -0.15) is 0 Å². The Labute approximate surface area is 221 Å². The second kappa shape index (κ2) is 12.2. The van der Waals surface area contributed by atoms with Crippen LogP contribution in [0.25, 0.3) is 0 Å². The molecule has 3 heteroatoms. The average Bonchev–Trinajstić information content (AvgIpc) is 2.91. The smallest absolute Gasteiger partial charge is 0.333 e. The molecular formula is C34H35NO2. The molecule has 0 radical (unpaired) electrons. The maximum absolute atomic E-state index is 11.5. The molecule has 0 amide bonds. The van der Waals surface area contributed by atoms with E-state index in [0.717, 1.165) is 35.5 Å². The van der Waals surface area contributed by atoms with E-state index >= 15 is 0 Å². The Morgan fingerprint density at radius 3 is 1.38 bits per heavy atom. The monoisotopic (exact) mass is 489 g/mol. The largest absolute Gasteiger partial charge is 0.462 e. The topological polar surface area (TPSA) is 29.5 Å². The van der Waals surface area contributed by atoms with Gasteiger partial charge in [0.15, 0.2) is 0 Å². The minimum absolute atomic E-state index is 0.330. The number of hydrogen-bond acceptors (Lipinski definition) is 3. The maximum atomic E-state index is 11.5. The summed E-state index contributed by atoms with van der Waals surface area (Å²) >= 11 is 0. The van der Waals surface area contributed by atoms with Crippen molar-refractivity contribution in [3.8, 4) is 0 Å². The lowest BCUT2D eigenvalue weighted by atomic mass is 10.0. The lowest BCUT2D eigenvalue weighted by Crippen LogP contribution is -2.10. The molecule has 188 valence electrons. The molecule has 0 aromatic heterocycles. The fourth-order valence-corrected chi connectivity index (χ4v) is 4.19. The van der Waals surface area contributed by atoms with Crippen molar-refractivity contribution >= 4 is 23.0 Å². The van der Waals surface area contributed by atoms with Gasteiger partial charge in [0.1, 0.15) is 0 Å². The van der Waals surface area contributed by atoms with E-state index in [0.29, 0.717) is 18.6 Å². The zero-order valence-corrected chi connectivity index (χ0v) is 22.0. The summed E-state index contributed by atoms with van der Waals surface area (Å²) < 4.78 is 5.19. The summed E-state index contributed by atoms with van der Waals surface area (Å²) in [7, 11) is 0. The molecule has 0 aliphatic rings. The Hall–Kier alpha value is -4.11. The van der Waals surface area contributed by atoms with E-state index in [9.17, 15) is 4.79 Å². The maximum Gasteiger partial charge on any atom is 0.333 e. The van der Waals surface area contributed by atoms with Gasteiger partial charge in [0.2, 0.25) is 0 Å². The number of aryl methyl sites for hydroxylation is 4. The van der Waals surface area contributed by atoms with Gasteiger partial charge in [-0.3, -0.25) is 0 Å². The van der Waals surface area contributed by atoms with E-state index < -0.39 is 0 Å². The number of hydrogen-bond donors (Lipinski definition) is 0. The second-order valence-corrected chi connectivity index (χ2v) is 9.66. The SMILES string of the molecule is C=C(C)C(=O)OCCc1ccc(CCc2ccc(N(c3ccc(C)cc3)c3ccc(C)cc3)cc2)cc1. The molecule has 4 aromatic carbocycles. The zero-order valence-electron chi connectivity index (χ0n) is 22.0. The van der Waals surface area contributed by atoms with Crippen molar-refractivity contribution in [3.63, 3.8) is 0 Å². The molecule has 0 N–H and O–H groups in total. The van der Waals surface area contributed by atoms with E-state index in [-0.39, 0.29) is 5.97 Å². The molecular weight excluding hydrogens is 454 g/mol. The predicted octanol–water partition coefficient (Wildman–Crippen LogP) is 8.22. The molecule has 0 aliphatic carbocycles. The van der Waals surface area contributed by atoms with Crippen LogP contribution in [-0.4, -0.2) is 12.6 Å². The molecule has 4 aromatic rings. The van der Waals surface area contributed by atoms with Gasteiger partial charge in [0.25, 0.3) is 0 Å². The number of ether oxygens (including phenoxy) is 1. The minimum atomic E-state index is -0.330. The number of esters is 1. The summed E-state index contributed by atoms with van der Waals surface area (Å²) in [6.07, 6.45) is 2.66. The van der Waals surface area contributed by atoms with E-state index in [1.54, 1.807) is 6.92 Å². The third-order valence-corrected chi connectivity index (χ3v) is 6.48. The van der Waals surface area contributed by atoms with Crippen LogP contribution in [0.5, 0.6) is 0 Å². The van der Waals surface area contributed by atoms with Crippen LogP contribution < -0.4 is 4.90 Å². The highest BCUT2D eigenvalue weighted by molar-refractivity contribution is 5.86. The Balaban J connectivity index is 1.39. The first-order valence-electron chi connectivity index (χ1n) is 12.8. The van der Waals surface area contributed by atoms with Crippen LogP contribution in [0.3, 0.4) is 0 Å². The van der Waals surface area contributed by atoms with Crippen LogP contribution in [0.15, 0.2) is 109 Å². The zero-order chi connectivity index (χ0) is 26.2. The van der Waals surface area contributed by atoms with E-state index in [1.165, 1.54) is 22.3 Å². The molecule has 4 rings (SSSR count). The summed E-state index contributed by atoms with van der Waals surface area (Å²) in [5.74, 6) is -0.330. The van der Waals surface area contributed by atoms with Crippen molar-refractivity contribution in [1.29, 1.82) is 0 Å². The van der Waals surface area contributed by atoms with E-state index in [4.69, 9.17) is 4.74 Å². The fourth-order valence-electron chi connectivity index (χ4n) is 4.19. The number of benzene rings is 4. The van der Waals surface area contributed by atoms with Crippen LogP contribution in [0.4, 0.5) is 17.1 Å². The lowest BCUT2D eigenvalue weighted by molar-refractivity contribution is -0.138. The van der Waals surface area contributed by atoms with Gasteiger partial charge in [-0.1, -0.05) is 78.4 Å². The first kappa shape index (κ1) is 26.0. The summed E-state index contributed by atoms with van der Waals surface area (Å²) in [6, 6.07) is 34.8. The minimum Gasteiger partial charge on any atom is -0.462 e. The van der Waals surface area contributed by atoms with E-state index in [2.05, 4.69) is 122 Å². The van der Waals surface area contributed by atoms with Gasteiger partial charge in [-0.25, -0.2) is 4.79 Å². The number of rotatable bonds is 10. The third kappa shape index (κ3) is 7.20. The second-order valence-electron chi connectivity index (χ2n) is 9.66. The molecule has 0 aliphatic heterocycles. The quantitative estimate of drug-likeness (QED) is 0.166. The van der Waals surface area contributed by atoms with Gasteiger partial charge >= 0.3 is 5.97 Å². The molecule has 0 atom stereocenters. The Morgan fingerprint density at radius 2 is 0.973 bits per heavy atom. The van der Waals surface area contributed by atoms with E-state index in [1.807, 2.05) is 0 Å². The lowest BCUT2D eigenvalue weighted by Gasteiger charge is -2.26. The van der Waals surface area contributed by atoms with Gasteiger partial charge in [0.05, 0.1) is 6.61 Å². The van der Waals surface area contributed by atoms with Gasteiger partial charge in [-0.15, -0.1) is 0 Å². The Bertz CT molecular complexity index is 1270. The van der Waals surface area contributed by atoms with Crippen molar-refractivity contribution in [2.24, 2.45) is 0 Å². The summed E-state index contributed by atoms with van der Waals surface area (Å²) in [5.41, 5.74) is 10.2. The molecule has 0 fully saturated rings. The highest BCUT2D eigenvalue weighted by atomic mass is 16.5. The molecule has 0 bridgehead atoms. The standard InChI is InChI=1S/C34H35NO2/c1-25(2)34(36)37-24-23-30-13-11-28(12-14-30)9-10-29-15-21-33(22-16-29)35(31-17-5-26(3)6-18-31)32-19-7-27(4)8-20-32/h5-8,11-22H,1,9-10,23-24H2,2-4H3. The van der Waals surface area contributed by atoms with Crippen LogP contribution >= 0.6 is 0 Å². The van der Waals surface area contributed by atoms with Crippen molar-refractivity contribution in [2.45, 2.75) is 40.0 Å². The van der Waals surface area contributed by atoms with Gasteiger partial charge in [-0.05, 0) is 86.7 Å². The summed E-state index contributed by atoms with van der Waals surface area (Å²) in [6.45, 7) is 9.87. The number of carbonyl (C=O) groups is 1. The van der Waals surface area contributed by atoms with Crippen molar-refractivity contribution in [3.05, 3.63) is 137 Å². The van der Waals surface area contributed by atoms with Crippen LogP contribution in [0.1, 0.15) is 34.7 Å². The first-order valence-corrected chi connectivity index (χ1v) is 12.8. The Kier molecular flexibility index (Phi) is 8.58. The fraction of sp³-hybridized carbons (Fsp3) is 0.206. The number of carbonyl (C=O) groups excluding carboxylic acids is 1. The molecule has 0 saturated carbocycles. The van der Waals surface area contributed by atoms with Crippen molar-refractivity contribution < 1.29 is 9.53 Å². The molecule has 0 heterocycles. The molecule has 0 unspecified atom stereocenters. The highest BCUT2D eigenvalue weighted by Gasteiger charge is 2.12. The summed E-state index contributed by atoms with van der Waals surface area (Å²) in [5, 5.41) is 0. The first-order chi connectivity index (χ1) is 17.9. The highest BCUT2D eigenvalue weighted by Crippen LogP contribution is 2.34. The molecule has 37 heavy (non-hydrogen) atoms. The van der Waals surface area contributed by atoms with Crippen LogP contribution in [-0.2, 0) is 28.8 Å². The van der Waals surface area contributed by atoms with Crippen molar-refractivity contribution in [2.75, 3.05) is 11.5 Å². The molecule has 3 nitrogen and oxygen atoms in total. The predicted molar refractivity (Wildman–Crippen MR) is 154 cm³/mol. The van der Waals surface area contributed by atoms with Crippen molar-refractivity contribution in [1.82, 2.24) is 0 Å². The normalized spacial score (nSPS) is 10.7. The van der Waals surface area contributed by atoms with Crippen LogP contribution in [0, 0.1) is 13.8 Å². The number of nitrogens with zero attached hydrogens (tertiary/aromatic N) is 1. The average molecular weight is 490 g/mol. The summed E-state index contributed by atoms with van der Waals surface area (Å²) in [4.78, 5) is 13.8. The molecule has 0 spiro atoms. The number of anilines is 3. The van der Waals surface area contributed by atoms with Gasteiger partial charge in [0, 0.05) is 29.1 Å².